The van der Waals surface area contributed by atoms with Gasteiger partial charge >= 0.3 is 0 Å². The van der Waals surface area contributed by atoms with E-state index in [9.17, 15) is 0 Å². The second-order valence-electron chi connectivity index (χ2n) is 12.1. The Morgan fingerprint density at radius 2 is 1.03 bits per heavy atom. The first kappa shape index (κ1) is 26.1. The molecule has 204 valence electrons. The summed E-state index contributed by atoms with van der Waals surface area (Å²) in [7, 11) is 4.51. The van der Waals surface area contributed by atoms with Crippen molar-refractivity contribution < 1.29 is 9.13 Å². The summed E-state index contributed by atoms with van der Waals surface area (Å²) in [5.41, 5.74) is 14.4. The molecular weight excluding hydrogens is 476 g/mol. The molecule has 0 unspecified atom stereocenters. The number of aromatic nitrogens is 2. The molecule has 4 heteroatoms. The predicted octanol–water partition coefficient (Wildman–Crippen LogP) is 6.71. The fourth-order valence-electron chi connectivity index (χ4n) is 7.22. The molecule has 2 N–H and O–H groups in total. The maximum atomic E-state index is 3.92. The van der Waals surface area contributed by atoms with Gasteiger partial charge < -0.3 is 10.6 Å². The van der Waals surface area contributed by atoms with Gasteiger partial charge in [0.1, 0.15) is 14.1 Å². The van der Waals surface area contributed by atoms with Crippen LogP contribution in [0, 0.1) is 13.8 Å². The van der Waals surface area contributed by atoms with Crippen LogP contribution >= 0.6 is 0 Å². The molecule has 39 heavy (non-hydrogen) atoms. The summed E-state index contributed by atoms with van der Waals surface area (Å²) in [5, 5.41) is 10.6. The number of anilines is 2. The van der Waals surface area contributed by atoms with E-state index < -0.39 is 0 Å². The molecule has 0 spiro atoms. The van der Waals surface area contributed by atoms with Crippen LogP contribution in [-0.2, 0) is 39.8 Å². The topological polar surface area (TPSA) is 31.8 Å². The second kappa shape index (κ2) is 11.2. The monoisotopic (exact) mass is 522 g/mol. The molecule has 0 fully saturated rings. The van der Waals surface area contributed by atoms with E-state index in [1.54, 1.807) is 11.1 Å². The molecule has 4 nitrogen and oxygen atoms in total. The highest BCUT2D eigenvalue weighted by atomic mass is 15.0. The highest BCUT2D eigenvalue weighted by molar-refractivity contribution is 5.93. The zero-order valence-electron chi connectivity index (χ0n) is 24.6. The first-order chi connectivity index (χ1) is 19.0. The van der Waals surface area contributed by atoms with Gasteiger partial charge in [-0.25, -0.2) is 0 Å². The Morgan fingerprint density at radius 3 is 1.49 bits per heavy atom. The lowest BCUT2D eigenvalue weighted by molar-refractivity contribution is -0.653. The van der Waals surface area contributed by atoms with Gasteiger partial charge in [0.15, 0.2) is 11.4 Å². The van der Waals surface area contributed by atoms with Gasteiger partial charge in [0.2, 0.25) is 11.0 Å². The summed E-state index contributed by atoms with van der Waals surface area (Å²) >= 11 is 0. The molecule has 2 aliphatic carbocycles. The molecule has 0 amide bonds. The number of fused-ring (bicyclic) bond motifs is 4. The summed E-state index contributed by atoms with van der Waals surface area (Å²) in [6.45, 7) is 6.51. The number of pyridine rings is 2. The molecule has 0 atom stereocenters. The Kier molecular flexibility index (Phi) is 7.47. The van der Waals surface area contributed by atoms with E-state index in [2.05, 4.69) is 84.1 Å². The van der Waals surface area contributed by atoms with Crippen LogP contribution in [-0.4, -0.2) is 13.1 Å². The van der Waals surface area contributed by atoms with Gasteiger partial charge in [-0.2, -0.15) is 9.13 Å². The zero-order chi connectivity index (χ0) is 26.9. The van der Waals surface area contributed by atoms with E-state index in [1.165, 1.54) is 126 Å². The van der Waals surface area contributed by atoms with Crippen molar-refractivity contribution in [3.05, 3.63) is 70.0 Å². The number of nitrogens with zero attached hydrogens (tertiary/aromatic N) is 2. The van der Waals surface area contributed by atoms with E-state index in [-0.39, 0.29) is 0 Å². The molecule has 0 saturated heterocycles. The average Bonchev–Trinajstić information content (AvgIpc) is 2.95. The number of rotatable bonds is 8. The molecule has 0 saturated carbocycles. The third-order valence-electron chi connectivity index (χ3n) is 9.31. The number of benzene rings is 2. The van der Waals surface area contributed by atoms with E-state index >= 15 is 0 Å². The molecule has 4 aromatic rings. The molecule has 0 bridgehead atoms. The van der Waals surface area contributed by atoms with Crippen molar-refractivity contribution in [3.8, 4) is 0 Å². The van der Waals surface area contributed by atoms with Crippen LogP contribution in [0.4, 0.5) is 11.4 Å². The van der Waals surface area contributed by atoms with Gasteiger partial charge in [-0.05, 0) is 94.9 Å². The zero-order valence-corrected chi connectivity index (χ0v) is 24.6. The number of nitrogens with one attached hydrogen (secondary N) is 2. The first-order valence-corrected chi connectivity index (χ1v) is 15.4. The van der Waals surface area contributed by atoms with Crippen molar-refractivity contribution in [1.29, 1.82) is 0 Å². The molecule has 2 heterocycles. The van der Waals surface area contributed by atoms with E-state index in [0.29, 0.717) is 0 Å². The van der Waals surface area contributed by atoms with Crippen LogP contribution in [0.25, 0.3) is 21.8 Å². The standard InChI is InChI=1S/C35H44N4/c1-24-16-18-32-28(22-24)34(26-12-6-8-14-30(26)38(32)3)36-20-10-5-11-21-37-35-27-13-7-9-15-31(27)39(4)33-19-17-25(2)23-29(33)35/h16-19,22-23H,5-15,20-21H2,1-4H3/p+2. The highest BCUT2D eigenvalue weighted by Crippen LogP contribution is 2.34. The summed E-state index contributed by atoms with van der Waals surface area (Å²) in [4.78, 5) is 0. The quantitative estimate of drug-likeness (QED) is 0.199. The van der Waals surface area contributed by atoms with Crippen molar-refractivity contribution in [3.63, 3.8) is 0 Å². The third kappa shape index (κ3) is 4.99. The Labute approximate surface area is 234 Å². The lowest BCUT2D eigenvalue weighted by atomic mass is 9.91. The lowest BCUT2D eigenvalue weighted by Gasteiger charge is -2.21. The van der Waals surface area contributed by atoms with Crippen LogP contribution in [0.3, 0.4) is 0 Å². The van der Waals surface area contributed by atoms with Crippen LogP contribution in [0.5, 0.6) is 0 Å². The Morgan fingerprint density at radius 1 is 0.590 bits per heavy atom. The Balaban J connectivity index is 1.12. The van der Waals surface area contributed by atoms with Gasteiger partial charge in [0.05, 0.1) is 22.1 Å². The first-order valence-electron chi connectivity index (χ1n) is 15.4. The minimum atomic E-state index is 1.04. The van der Waals surface area contributed by atoms with Crippen molar-refractivity contribution in [2.45, 2.75) is 84.5 Å². The van der Waals surface area contributed by atoms with Crippen molar-refractivity contribution in [1.82, 2.24) is 0 Å². The smallest absolute Gasteiger partial charge is 0.214 e. The van der Waals surface area contributed by atoms with Crippen LogP contribution in [0.1, 0.15) is 78.6 Å². The fraction of sp³-hybridized carbons (Fsp3) is 0.486. The maximum Gasteiger partial charge on any atom is 0.214 e. The Hall–Kier alpha value is -3.14. The third-order valence-corrected chi connectivity index (χ3v) is 9.31. The largest absolute Gasteiger partial charge is 0.384 e. The van der Waals surface area contributed by atoms with E-state index in [4.69, 9.17) is 0 Å². The number of unbranched alkanes of at least 4 members (excludes halogenated alkanes) is 2. The molecule has 0 radical (unpaired) electrons. The van der Waals surface area contributed by atoms with Crippen LogP contribution < -0.4 is 19.8 Å². The van der Waals surface area contributed by atoms with Crippen LogP contribution in [0.15, 0.2) is 36.4 Å². The fourth-order valence-corrected chi connectivity index (χ4v) is 7.22. The average molecular weight is 523 g/mol. The van der Waals surface area contributed by atoms with Gasteiger partial charge in [0.25, 0.3) is 0 Å². The van der Waals surface area contributed by atoms with Gasteiger partial charge in [-0.3, -0.25) is 0 Å². The number of hydrogen-bond acceptors (Lipinski definition) is 2. The number of hydrogen-bond donors (Lipinski definition) is 2. The van der Waals surface area contributed by atoms with Crippen molar-refractivity contribution >= 4 is 33.2 Å². The maximum absolute atomic E-state index is 3.92. The van der Waals surface area contributed by atoms with Gasteiger partial charge in [0, 0.05) is 49.2 Å². The molecule has 2 aromatic heterocycles. The summed E-state index contributed by atoms with van der Waals surface area (Å²) in [6.07, 6.45) is 13.7. The summed E-state index contributed by atoms with van der Waals surface area (Å²) in [5.74, 6) is 0. The lowest BCUT2D eigenvalue weighted by Crippen LogP contribution is -2.38. The SMILES string of the molecule is Cc1ccc2c(c1)c(NCCCCCNc1c3c([n+](C)c4ccc(C)cc14)CCCC3)c1c([n+]2C)CCCC1. The van der Waals surface area contributed by atoms with E-state index in [0.717, 1.165) is 13.1 Å². The normalized spacial score (nSPS) is 14.9. The van der Waals surface area contributed by atoms with Gasteiger partial charge in [-0.15, -0.1) is 0 Å². The molecule has 6 rings (SSSR count). The second-order valence-corrected chi connectivity index (χ2v) is 12.1. The summed E-state index contributed by atoms with van der Waals surface area (Å²) in [6, 6.07) is 13.9. The number of aryl methyl sites for hydroxylation is 4. The summed E-state index contributed by atoms with van der Waals surface area (Å²) < 4.78 is 4.90. The molecule has 2 aromatic carbocycles. The van der Waals surface area contributed by atoms with Crippen molar-refractivity contribution in [2.75, 3.05) is 23.7 Å². The van der Waals surface area contributed by atoms with Crippen molar-refractivity contribution in [2.24, 2.45) is 14.1 Å². The highest BCUT2D eigenvalue weighted by Gasteiger charge is 2.27. The molecule has 2 aliphatic rings. The van der Waals surface area contributed by atoms with Crippen LogP contribution in [0.2, 0.25) is 0 Å². The van der Waals surface area contributed by atoms with E-state index in [1.807, 2.05) is 0 Å². The Bertz CT molecular complexity index is 1420. The molecular formula is C35H46N4+2. The minimum absolute atomic E-state index is 1.04. The minimum Gasteiger partial charge on any atom is -0.384 e. The predicted molar refractivity (Wildman–Crippen MR) is 164 cm³/mol. The molecule has 0 aliphatic heterocycles. The van der Waals surface area contributed by atoms with Gasteiger partial charge in [-0.1, -0.05) is 12.1 Å².